The Kier molecular flexibility index (Phi) is 5.10. The summed E-state index contributed by atoms with van der Waals surface area (Å²) in [6, 6.07) is 7.85. The number of fused-ring (bicyclic) bond motifs is 1. The standard InChI is InChI=1S/C20H28O2/c1-14(2)9-11-20(12-10-15(3)4)17-8-6-5-7-16(17)18(21)13-19(20)22/h5-8,13-15,21H,9-12H2,1-4H3. The second kappa shape index (κ2) is 6.68. The predicted octanol–water partition coefficient (Wildman–Crippen LogP) is 5.28. The van der Waals surface area contributed by atoms with Crippen LogP contribution in [0.15, 0.2) is 30.3 Å². The molecule has 0 saturated heterocycles. The molecule has 2 nitrogen and oxygen atoms in total. The molecule has 2 rings (SSSR count). The highest BCUT2D eigenvalue weighted by Gasteiger charge is 2.42. The van der Waals surface area contributed by atoms with Crippen LogP contribution in [0.5, 0.6) is 0 Å². The number of hydrogen-bond acceptors (Lipinski definition) is 2. The van der Waals surface area contributed by atoms with E-state index in [4.69, 9.17) is 0 Å². The highest BCUT2D eigenvalue weighted by molar-refractivity contribution is 6.06. The average Bonchev–Trinajstić information content (AvgIpc) is 2.46. The van der Waals surface area contributed by atoms with Crippen molar-refractivity contribution in [2.75, 3.05) is 0 Å². The monoisotopic (exact) mass is 300 g/mol. The van der Waals surface area contributed by atoms with Gasteiger partial charge < -0.3 is 5.11 Å². The van der Waals surface area contributed by atoms with Crippen molar-refractivity contribution in [2.45, 2.75) is 58.8 Å². The number of aliphatic hydroxyl groups excluding tert-OH is 1. The second-order valence-corrected chi connectivity index (χ2v) is 7.39. The maximum Gasteiger partial charge on any atom is 0.169 e. The zero-order chi connectivity index (χ0) is 16.3. The first kappa shape index (κ1) is 16.8. The average molecular weight is 300 g/mol. The molecule has 0 radical (unpaired) electrons. The van der Waals surface area contributed by atoms with E-state index in [1.165, 1.54) is 6.08 Å². The van der Waals surface area contributed by atoms with E-state index in [1.807, 2.05) is 24.3 Å². The number of ketones is 1. The van der Waals surface area contributed by atoms with Gasteiger partial charge in [-0.1, -0.05) is 52.0 Å². The molecule has 0 unspecified atom stereocenters. The molecular formula is C20H28O2. The van der Waals surface area contributed by atoms with E-state index in [9.17, 15) is 9.90 Å². The molecule has 22 heavy (non-hydrogen) atoms. The van der Waals surface area contributed by atoms with E-state index in [0.717, 1.165) is 36.8 Å². The number of rotatable bonds is 6. The van der Waals surface area contributed by atoms with E-state index >= 15 is 0 Å². The Morgan fingerprint density at radius 2 is 1.55 bits per heavy atom. The van der Waals surface area contributed by atoms with Crippen molar-refractivity contribution in [2.24, 2.45) is 11.8 Å². The summed E-state index contributed by atoms with van der Waals surface area (Å²) < 4.78 is 0. The SMILES string of the molecule is CC(C)CCC1(CCC(C)C)C(=O)C=C(O)c2ccccc21. The first-order valence-electron chi connectivity index (χ1n) is 8.42. The molecule has 1 aliphatic rings. The Morgan fingerprint density at radius 1 is 1.00 bits per heavy atom. The number of carbonyl (C=O) groups is 1. The summed E-state index contributed by atoms with van der Waals surface area (Å²) in [5.41, 5.74) is 1.38. The molecule has 120 valence electrons. The van der Waals surface area contributed by atoms with E-state index in [2.05, 4.69) is 27.7 Å². The summed E-state index contributed by atoms with van der Waals surface area (Å²) in [6.07, 6.45) is 5.20. The Morgan fingerprint density at radius 3 is 2.09 bits per heavy atom. The smallest absolute Gasteiger partial charge is 0.169 e. The molecule has 1 aliphatic carbocycles. The quantitative estimate of drug-likeness (QED) is 0.776. The molecule has 2 heteroatoms. The van der Waals surface area contributed by atoms with E-state index in [1.54, 1.807) is 0 Å². The van der Waals surface area contributed by atoms with Gasteiger partial charge in [-0.2, -0.15) is 0 Å². The maximum absolute atomic E-state index is 12.9. The van der Waals surface area contributed by atoms with Crippen molar-refractivity contribution in [1.82, 2.24) is 0 Å². The van der Waals surface area contributed by atoms with Gasteiger partial charge in [0, 0.05) is 11.6 Å². The zero-order valence-electron chi connectivity index (χ0n) is 14.2. The number of aliphatic hydroxyl groups is 1. The van der Waals surface area contributed by atoms with Crippen molar-refractivity contribution in [1.29, 1.82) is 0 Å². The minimum atomic E-state index is -0.461. The van der Waals surface area contributed by atoms with Gasteiger partial charge in [-0.15, -0.1) is 0 Å². The van der Waals surface area contributed by atoms with E-state index in [-0.39, 0.29) is 11.5 Å². The van der Waals surface area contributed by atoms with Crippen LogP contribution in [-0.4, -0.2) is 10.9 Å². The van der Waals surface area contributed by atoms with Crippen LogP contribution in [0, 0.1) is 11.8 Å². The van der Waals surface area contributed by atoms with Crippen LogP contribution in [0.25, 0.3) is 5.76 Å². The Balaban J connectivity index is 2.48. The second-order valence-electron chi connectivity index (χ2n) is 7.39. The lowest BCUT2D eigenvalue weighted by molar-refractivity contribution is -0.120. The van der Waals surface area contributed by atoms with Crippen LogP contribution in [0.1, 0.15) is 64.5 Å². The summed E-state index contributed by atoms with van der Waals surface area (Å²) in [5, 5.41) is 10.2. The maximum atomic E-state index is 12.9. The topological polar surface area (TPSA) is 37.3 Å². The number of allylic oxidation sites excluding steroid dienone is 1. The number of carbonyl (C=O) groups excluding carboxylic acids is 1. The van der Waals surface area contributed by atoms with Gasteiger partial charge in [-0.3, -0.25) is 4.79 Å². The van der Waals surface area contributed by atoms with Crippen molar-refractivity contribution in [3.8, 4) is 0 Å². The Bertz CT molecular complexity index is 555. The molecule has 1 aromatic rings. The molecule has 0 spiro atoms. The third-order valence-corrected chi connectivity index (χ3v) is 4.75. The molecule has 0 aromatic heterocycles. The number of hydrogen-bond donors (Lipinski definition) is 1. The van der Waals surface area contributed by atoms with Gasteiger partial charge >= 0.3 is 0 Å². The van der Waals surface area contributed by atoms with Crippen LogP contribution in [0.4, 0.5) is 0 Å². The largest absolute Gasteiger partial charge is 0.507 e. The molecule has 1 aromatic carbocycles. The fraction of sp³-hybridized carbons (Fsp3) is 0.550. The minimum absolute atomic E-state index is 0.0741. The van der Waals surface area contributed by atoms with E-state index in [0.29, 0.717) is 11.8 Å². The van der Waals surface area contributed by atoms with Gasteiger partial charge in [0.25, 0.3) is 0 Å². The fourth-order valence-corrected chi connectivity index (χ4v) is 3.31. The highest BCUT2D eigenvalue weighted by atomic mass is 16.3. The van der Waals surface area contributed by atoms with Gasteiger partial charge in [-0.25, -0.2) is 0 Å². The summed E-state index contributed by atoms with van der Waals surface area (Å²) >= 11 is 0. The Labute approximate surface area is 134 Å². The van der Waals surface area contributed by atoms with Crippen LogP contribution >= 0.6 is 0 Å². The van der Waals surface area contributed by atoms with Crippen molar-refractivity contribution >= 4 is 11.5 Å². The van der Waals surface area contributed by atoms with E-state index < -0.39 is 5.41 Å². The molecule has 0 aliphatic heterocycles. The van der Waals surface area contributed by atoms with Crippen molar-refractivity contribution < 1.29 is 9.90 Å². The predicted molar refractivity (Wildman–Crippen MR) is 91.9 cm³/mol. The molecule has 1 N–H and O–H groups in total. The summed E-state index contributed by atoms with van der Waals surface area (Å²) in [6.45, 7) is 8.79. The van der Waals surface area contributed by atoms with Gasteiger partial charge in [-0.05, 0) is 43.1 Å². The van der Waals surface area contributed by atoms with Crippen LogP contribution in [-0.2, 0) is 10.2 Å². The number of benzene rings is 1. The highest BCUT2D eigenvalue weighted by Crippen LogP contribution is 2.44. The molecule has 0 fully saturated rings. The van der Waals surface area contributed by atoms with Gasteiger partial charge in [0.05, 0.1) is 5.41 Å². The fourth-order valence-electron chi connectivity index (χ4n) is 3.31. The molecule has 0 amide bonds. The third kappa shape index (κ3) is 3.26. The third-order valence-electron chi connectivity index (χ3n) is 4.75. The van der Waals surface area contributed by atoms with Crippen LogP contribution < -0.4 is 0 Å². The van der Waals surface area contributed by atoms with Crippen LogP contribution in [0.3, 0.4) is 0 Å². The van der Waals surface area contributed by atoms with Gasteiger partial charge in [0.15, 0.2) is 5.78 Å². The Hall–Kier alpha value is -1.57. The summed E-state index contributed by atoms with van der Waals surface area (Å²) in [4.78, 5) is 12.9. The lowest BCUT2D eigenvalue weighted by atomic mass is 9.65. The van der Waals surface area contributed by atoms with Crippen LogP contribution in [0.2, 0.25) is 0 Å². The zero-order valence-corrected chi connectivity index (χ0v) is 14.2. The lowest BCUT2D eigenvalue weighted by Gasteiger charge is -2.37. The van der Waals surface area contributed by atoms with Gasteiger partial charge in [0.1, 0.15) is 5.76 Å². The first-order valence-corrected chi connectivity index (χ1v) is 8.42. The normalized spacial score (nSPS) is 16.8. The first-order chi connectivity index (χ1) is 10.4. The molecular weight excluding hydrogens is 272 g/mol. The molecule has 0 saturated carbocycles. The van der Waals surface area contributed by atoms with Crippen molar-refractivity contribution in [3.05, 3.63) is 41.5 Å². The van der Waals surface area contributed by atoms with Gasteiger partial charge in [0.2, 0.25) is 0 Å². The van der Waals surface area contributed by atoms with Crippen molar-refractivity contribution in [3.63, 3.8) is 0 Å². The summed E-state index contributed by atoms with van der Waals surface area (Å²) in [5.74, 6) is 1.32. The lowest BCUT2D eigenvalue weighted by Crippen LogP contribution is -2.39. The molecule has 0 heterocycles. The minimum Gasteiger partial charge on any atom is -0.507 e. The molecule has 0 atom stereocenters. The summed E-state index contributed by atoms with van der Waals surface area (Å²) in [7, 11) is 0. The molecule has 0 bridgehead atoms.